The van der Waals surface area contributed by atoms with Crippen molar-refractivity contribution in [3.05, 3.63) is 23.0 Å². The highest BCUT2D eigenvalue weighted by Crippen LogP contribution is 2.19. The molecule has 3 nitrogen and oxygen atoms in total. The van der Waals surface area contributed by atoms with Gasteiger partial charge in [-0.2, -0.15) is 0 Å². The number of carbonyl (C=O) groups excluding carboxylic acids is 1. The quantitative estimate of drug-likeness (QED) is 0.669. The monoisotopic (exact) mass is 181 g/mol. The molecular formula is C10H15NO2. The Morgan fingerprint density at radius 3 is 2.46 bits per heavy atom. The number of carbonyl (C=O) groups is 1. The molecule has 1 unspecified atom stereocenters. The zero-order chi connectivity index (χ0) is 10.0. The molecule has 0 saturated heterocycles. The highest BCUT2D eigenvalue weighted by Gasteiger charge is 2.10. The molecule has 0 fully saturated rings. The molecule has 1 heterocycles. The van der Waals surface area contributed by atoms with Gasteiger partial charge >= 0.3 is 0 Å². The Labute approximate surface area is 78.3 Å². The van der Waals surface area contributed by atoms with Gasteiger partial charge in [-0.25, -0.2) is 0 Å². The minimum absolute atomic E-state index is 0.218. The fourth-order valence-electron chi connectivity index (χ4n) is 1.40. The van der Waals surface area contributed by atoms with E-state index in [0.29, 0.717) is 6.47 Å². The van der Waals surface area contributed by atoms with E-state index in [0.717, 1.165) is 5.69 Å². The number of aryl methyl sites for hydroxylation is 1. The second-order valence-corrected chi connectivity index (χ2v) is 3.26. The Hall–Kier alpha value is -1.25. The maximum Gasteiger partial charge on any atom is 0.295 e. The molecule has 0 N–H and O–H groups in total. The summed E-state index contributed by atoms with van der Waals surface area (Å²) in [5.41, 5.74) is 3.62. The summed E-state index contributed by atoms with van der Waals surface area (Å²) in [5.74, 6) is 0. The van der Waals surface area contributed by atoms with E-state index >= 15 is 0 Å². The van der Waals surface area contributed by atoms with E-state index in [9.17, 15) is 4.79 Å². The predicted molar refractivity (Wildman–Crippen MR) is 50.5 cm³/mol. The Balaban J connectivity index is 3.00. The number of hydrogen-bond acceptors (Lipinski definition) is 2. The maximum atomic E-state index is 10.2. The Bertz CT molecular complexity index is 315. The van der Waals surface area contributed by atoms with Crippen LogP contribution in [-0.2, 0) is 9.53 Å². The van der Waals surface area contributed by atoms with Gasteiger partial charge in [-0.1, -0.05) is 0 Å². The van der Waals surface area contributed by atoms with Crippen molar-refractivity contribution in [2.45, 2.75) is 33.9 Å². The van der Waals surface area contributed by atoms with Crippen LogP contribution in [0.25, 0.3) is 0 Å². The Morgan fingerprint density at radius 1 is 1.46 bits per heavy atom. The average molecular weight is 181 g/mol. The lowest BCUT2D eigenvalue weighted by molar-refractivity contribution is -0.136. The molecule has 1 aromatic heterocycles. The molecule has 1 atom stereocenters. The van der Waals surface area contributed by atoms with E-state index in [1.54, 1.807) is 0 Å². The number of hydrogen-bond donors (Lipinski definition) is 0. The van der Waals surface area contributed by atoms with Crippen LogP contribution in [0.15, 0.2) is 6.20 Å². The second kappa shape index (κ2) is 3.64. The molecule has 0 aromatic carbocycles. The van der Waals surface area contributed by atoms with Crippen molar-refractivity contribution in [2.24, 2.45) is 0 Å². The summed E-state index contributed by atoms with van der Waals surface area (Å²) in [6, 6.07) is 0. The second-order valence-electron chi connectivity index (χ2n) is 3.26. The maximum absolute atomic E-state index is 10.2. The zero-order valence-corrected chi connectivity index (χ0v) is 8.50. The van der Waals surface area contributed by atoms with Crippen LogP contribution < -0.4 is 0 Å². The third-order valence-corrected chi connectivity index (χ3v) is 2.50. The summed E-state index contributed by atoms with van der Waals surface area (Å²) in [6.45, 7) is 8.46. The fraction of sp³-hybridized carbons (Fsp3) is 0.500. The SMILES string of the molecule is Cc1cn(C(C)OC=O)c(C)c1C. The molecule has 72 valence electrons. The Kier molecular flexibility index (Phi) is 2.76. The number of aromatic nitrogens is 1. The van der Waals surface area contributed by atoms with Crippen molar-refractivity contribution in [1.29, 1.82) is 0 Å². The van der Waals surface area contributed by atoms with Gasteiger partial charge in [0.2, 0.25) is 0 Å². The van der Waals surface area contributed by atoms with Crippen molar-refractivity contribution in [3.8, 4) is 0 Å². The minimum Gasteiger partial charge on any atom is -0.444 e. The van der Waals surface area contributed by atoms with Gasteiger partial charge in [-0.15, -0.1) is 0 Å². The van der Waals surface area contributed by atoms with E-state index in [2.05, 4.69) is 6.92 Å². The minimum atomic E-state index is -0.218. The van der Waals surface area contributed by atoms with Crippen molar-refractivity contribution in [3.63, 3.8) is 0 Å². The topological polar surface area (TPSA) is 31.2 Å². The van der Waals surface area contributed by atoms with E-state index in [1.165, 1.54) is 11.1 Å². The van der Waals surface area contributed by atoms with Crippen LogP contribution in [0.2, 0.25) is 0 Å². The van der Waals surface area contributed by atoms with Gasteiger partial charge in [0.15, 0.2) is 6.23 Å². The molecular weight excluding hydrogens is 166 g/mol. The Morgan fingerprint density at radius 2 is 2.08 bits per heavy atom. The highest BCUT2D eigenvalue weighted by molar-refractivity contribution is 5.37. The summed E-state index contributed by atoms with van der Waals surface area (Å²) < 4.78 is 6.82. The average Bonchev–Trinajstić information content (AvgIpc) is 2.33. The van der Waals surface area contributed by atoms with Gasteiger partial charge in [0, 0.05) is 11.9 Å². The van der Waals surface area contributed by atoms with Gasteiger partial charge in [0.25, 0.3) is 6.47 Å². The van der Waals surface area contributed by atoms with Gasteiger partial charge in [0.1, 0.15) is 0 Å². The van der Waals surface area contributed by atoms with Crippen LogP contribution in [0.5, 0.6) is 0 Å². The molecule has 0 spiro atoms. The lowest BCUT2D eigenvalue weighted by atomic mass is 10.2. The lowest BCUT2D eigenvalue weighted by Crippen LogP contribution is -2.08. The molecule has 0 aliphatic rings. The summed E-state index contributed by atoms with van der Waals surface area (Å²) in [4.78, 5) is 10.2. The molecule has 0 saturated carbocycles. The molecule has 13 heavy (non-hydrogen) atoms. The summed E-state index contributed by atoms with van der Waals surface area (Å²) in [6.07, 6.45) is 1.78. The molecule has 0 bridgehead atoms. The van der Waals surface area contributed by atoms with Crippen molar-refractivity contribution in [1.82, 2.24) is 4.57 Å². The highest BCUT2D eigenvalue weighted by atomic mass is 16.5. The van der Waals surface area contributed by atoms with Gasteiger partial charge < -0.3 is 9.30 Å². The van der Waals surface area contributed by atoms with Crippen LogP contribution in [-0.4, -0.2) is 11.0 Å². The van der Waals surface area contributed by atoms with Gasteiger partial charge in [-0.05, 0) is 38.8 Å². The van der Waals surface area contributed by atoms with Gasteiger partial charge in [-0.3, -0.25) is 4.79 Å². The summed E-state index contributed by atoms with van der Waals surface area (Å²) >= 11 is 0. The first-order chi connectivity index (χ1) is 6.07. The van der Waals surface area contributed by atoms with Crippen LogP contribution in [0, 0.1) is 20.8 Å². The third kappa shape index (κ3) is 1.74. The number of rotatable bonds is 3. The first-order valence-corrected chi connectivity index (χ1v) is 4.31. The van der Waals surface area contributed by atoms with Crippen LogP contribution >= 0.6 is 0 Å². The normalized spacial score (nSPS) is 12.6. The van der Waals surface area contributed by atoms with Gasteiger partial charge in [0.05, 0.1) is 0 Å². The summed E-state index contributed by atoms with van der Waals surface area (Å²) in [5, 5.41) is 0. The third-order valence-electron chi connectivity index (χ3n) is 2.50. The van der Waals surface area contributed by atoms with Crippen LogP contribution in [0.4, 0.5) is 0 Å². The fourth-order valence-corrected chi connectivity index (χ4v) is 1.40. The predicted octanol–water partition coefficient (Wildman–Crippen LogP) is 2.10. The van der Waals surface area contributed by atoms with E-state index < -0.39 is 0 Å². The zero-order valence-electron chi connectivity index (χ0n) is 8.50. The molecule has 1 aromatic rings. The lowest BCUT2D eigenvalue weighted by Gasteiger charge is -2.13. The molecule has 0 amide bonds. The number of ether oxygens (including phenoxy) is 1. The van der Waals surface area contributed by atoms with E-state index in [-0.39, 0.29) is 6.23 Å². The van der Waals surface area contributed by atoms with Crippen molar-refractivity contribution < 1.29 is 9.53 Å². The largest absolute Gasteiger partial charge is 0.444 e. The first-order valence-electron chi connectivity index (χ1n) is 4.31. The molecule has 0 radical (unpaired) electrons. The standard InChI is InChI=1S/C10H15NO2/c1-7-5-11(9(3)8(7)2)10(4)13-6-12/h5-6,10H,1-4H3. The van der Waals surface area contributed by atoms with Crippen LogP contribution in [0.1, 0.15) is 30.0 Å². The van der Waals surface area contributed by atoms with E-state index in [1.807, 2.05) is 31.5 Å². The number of nitrogens with zero attached hydrogens (tertiary/aromatic N) is 1. The first kappa shape index (κ1) is 9.84. The molecule has 0 aliphatic carbocycles. The smallest absolute Gasteiger partial charge is 0.295 e. The molecule has 3 heteroatoms. The van der Waals surface area contributed by atoms with E-state index in [4.69, 9.17) is 4.74 Å². The molecule has 1 rings (SSSR count). The van der Waals surface area contributed by atoms with Crippen molar-refractivity contribution in [2.75, 3.05) is 0 Å². The van der Waals surface area contributed by atoms with Crippen molar-refractivity contribution >= 4 is 6.47 Å². The summed E-state index contributed by atoms with van der Waals surface area (Å²) in [7, 11) is 0. The molecule has 0 aliphatic heterocycles. The van der Waals surface area contributed by atoms with Crippen LogP contribution in [0.3, 0.4) is 0 Å².